The van der Waals surface area contributed by atoms with Gasteiger partial charge < -0.3 is 20.1 Å². The number of rotatable bonds is 7. The molecule has 1 aliphatic heterocycles. The number of methoxy groups -OCH3 is 2. The molecule has 0 saturated carbocycles. The second kappa shape index (κ2) is 9.67. The Bertz CT molecular complexity index is 1320. The van der Waals surface area contributed by atoms with E-state index in [4.69, 9.17) is 9.47 Å². The Hall–Kier alpha value is -4.67. The van der Waals surface area contributed by atoms with Gasteiger partial charge in [0.05, 0.1) is 37.8 Å². The van der Waals surface area contributed by atoms with Crippen molar-refractivity contribution < 1.29 is 23.5 Å². The van der Waals surface area contributed by atoms with E-state index in [1.807, 2.05) is 0 Å². The summed E-state index contributed by atoms with van der Waals surface area (Å²) in [4.78, 5) is 36.3. The molecule has 0 fully saturated rings. The van der Waals surface area contributed by atoms with Crippen LogP contribution in [0.4, 0.5) is 38.0 Å². The minimum Gasteiger partial charge on any atom is -0.497 e. The molecule has 35 heavy (non-hydrogen) atoms. The summed E-state index contributed by atoms with van der Waals surface area (Å²) >= 11 is 0. The van der Waals surface area contributed by atoms with Gasteiger partial charge in [0.25, 0.3) is 0 Å². The van der Waals surface area contributed by atoms with Crippen molar-refractivity contribution in [1.29, 1.82) is 0 Å². The van der Waals surface area contributed by atoms with E-state index in [-0.39, 0.29) is 29.8 Å². The molecule has 180 valence electrons. The van der Waals surface area contributed by atoms with Gasteiger partial charge in [0, 0.05) is 30.9 Å². The zero-order valence-electron chi connectivity index (χ0n) is 19.3. The average Bonchev–Trinajstić information content (AvgIpc) is 2.87. The van der Waals surface area contributed by atoms with Gasteiger partial charge in [-0.3, -0.25) is 14.6 Å². The van der Waals surface area contributed by atoms with Crippen molar-refractivity contribution in [3.8, 4) is 11.5 Å². The number of para-hydroxylation sites is 2. The van der Waals surface area contributed by atoms with E-state index in [1.165, 1.54) is 49.3 Å². The van der Waals surface area contributed by atoms with Gasteiger partial charge in [0.2, 0.25) is 11.9 Å². The predicted octanol–water partition coefficient (Wildman–Crippen LogP) is 4.08. The summed E-state index contributed by atoms with van der Waals surface area (Å²) in [5.74, 6) is -0.164. The zero-order valence-corrected chi connectivity index (χ0v) is 19.3. The van der Waals surface area contributed by atoms with E-state index in [1.54, 1.807) is 30.5 Å². The minimum atomic E-state index is -0.684. The number of amides is 3. The Kier molecular flexibility index (Phi) is 6.49. The molecule has 0 unspecified atom stereocenters. The molecule has 2 N–H and O–H groups in total. The molecule has 3 amide bonds. The maximum atomic E-state index is 15.0. The molecule has 0 aliphatic carbocycles. The highest BCUT2D eigenvalue weighted by Gasteiger charge is 2.33. The Morgan fingerprint density at radius 2 is 1.94 bits per heavy atom. The normalized spacial score (nSPS) is 12.6. The number of urea groups is 1. The number of anilines is 5. The number of benzene rings is 2. The van der Waals surface area contributed by atoms with Crippen LogP contribution in [0.2, 0.25) is 0 Å². The lowest BCUT2D eigenvalue weighted by Crippen LogP contribution is -2.46. The highest BCUT2D eigenvalue weighted by molar-refractivity contribution is 6.05. The molecule has 0 bridgehead atoms. The number of hydrogen-bond donors (Lipinski definition) is 2. The number of aromatic nitrogens is 2. The lowest BCUT2D eigenvalue weighted by molar-refractivity contribution is -0.111. The van der Waals surface area contributed by atoms with Gasteiger partial charge in [0.15, 0.2) is 11.6 Å². The Labute approximate surface area is 201 Å². The molecule has 0 atom stereocenters. The van der Waals surface area contributed by atoms with E-state index >= 15 is 4.39 Å². The van der Waals surface area contributed by atoms with Crippen molar-refractivity contribution in [2.45, 2.75) is 6.54 Å². The standard InChI is InChI=1S/C24H23FN6O4/c1-5-20(32)27-16-8-6-7-9-17(16)28-23-26-12-14-13-31(24(33)30(2)22(14)29-23)18-10-15(34-3)11-19(35-4)21(18)25/h5-12H,1,13H2,2-4H3,(H,27,32)(H,26,28,29). The van der Waals surface area contributed by atoms with Crippen LogP contribution < -0.4 is 29.9 Å². The van der Waals surface area contributed by atoms with Gasteiger partial charge in [-0.1, -0.05) is 18.7 Å². The van der Waals surface area contributed by atoms with Crippen LogP contribution in [-0.2, 0) is 11.3 Å². The number of nitrogens with zero attached hydrogens (tertiary/aromatic N) is 4. The molecule has 0 radical (unpaired) electrons. The first kappa shape index (κ1) is 23.5. The summed E-state index contributed by atoms with van der Waals surface area (Å²) < 4.78 is 25.4. The molecule has 10 nitrogen and oxygen atoms in total. The fourth-order valence-electron chi connectivity index (χ4n) is 3.58. The summed E-state index contributed by atoms with van der Waals surface area (Å²) in [6, 6.07) is 9.36. The first-order chi connectivity index (χ1) is 16.9. The van der Waals surface area contributed by atoms with Gasteiger partial charge in [-0.05, 0) is 18.2 Å². The number of hydrogen-bond acceptors (Lipinski definition) is 7. The summed E-state index contributed by atoms with van der Waals surface area (Å²) in [5, 5.41) is 5.76. The SMILES string of the molecule is C=CC(=O)Nc1ccccc1Nc1ncc2c(n1)N(C)C(=O)N(c1cc(OC)cc(OC)c1F)C2. The average molecular weight is 478 g/mol. The monoisotopic (exact) mass is 478 g/mol. The smallest absolute Gasteiger partial charge is 0.330 e. The van der Waals surface area contributed by atoms with Crippen LogP contribution in [0.15, 0.2) is 55.3 Å². The fraction of sp³-hybridized carbons (Fsp3) is 0.167. The van der Waals surface area contributed by atoms with Crippen LogP contribution >= 0.6 is 0 Å². The maximum absolute atomic E-state index is 15.0. The van der Waals surface area contributed by atoms with E-state index < -0.39 is 11.8 Å². The number of carbonyl (C=O) groups excluding carboxylic acids is 2. The van der Waals surface area contributed by atoms with E-state index in [0.717, 1.165) is 0 Å². The molecule has 2 heterocycles. The van der Waals surface area contributed by atoms with Crippen molar-refractivity contribution in [2.24, 2.45) is 0 Å². The number of fused-ring (bicyclic) bond motifs is 1. The lowest BCUT2D eigenvalue weighted by Gasteiger charge is -2.34. The number of ether oxygens (including phenoxy) is 2. The largest absolute Gasteiger partial charge is 0.497 e. The summed E-state index contributed by atoms with van der Waals surface area (Å²) in [5.41, 5.74) is 1.68. The second-order valence-corrected chi connectivity index (χ2v) is 7.50. The Balaban J connectivity index is 1.65. The van der Waals surface area contributed by atoms with Crippen LogP contribution in [0.1, 0.15) is 5.56 Å². The van der Waals surface area contributed by atoms with Gasteiger partial charge in [-0.15, -0.1) is 0 Å². The topological polar surface area (TPSA) is 109 Å². The lowest BCUT2D eigenvalue weighted by atomic mass is 10.1. The third-order valence-electron chi connectivity index (χ3n) is 5.36. The minimum absolute atomic E-state index is 0.0118. The van der Waals surface area contributed by atoms with Crippen LogP contribution in [0, 0.1) is 5.82 Å². The number of halogens is 1. The fourth-order valence-corrected chi connectivity index (χ4v) is 3.58. The molecule has 1 aromatic heterocycles. The molecule has 0 saturated heterocycles. The van der Waals surface area contributed by atoms with Crippen molar-refractivity contribution >= 4 is 40.8 Å². The molecule has 2 aromatic carbocycles. The Morgan fingerprint density at radius 3 is 2.63 bits per heavy atom. The van der Waals surface area contributed by atoms with Gasteiger partial charge in [-0.25, -0.2) is 14.2 Å². The van der Waals surface area contributed by atoms with Crippen molar-refractivity contribution in [1.82, 2.24) is 9.97 Å². The van der Waals surface area contributed by atoms with Crippen molar-refractivity contribution in [2.75, 3.05) is 41.7 Å². The molecule has 4 rings (SSSR count). The van der Waals surface area contributed by atoms with Crippen molar-refractivity contribution in [3.63, 3.8) is 0 Å². The van der Waals surface area contributed by atoms with Crippen LogP contribution in [0.25, 0.3) is 0 Å². The van der Waals surface area contributed by atoms with Crippen molar-refractivity contribution in [3.05, 3.63) is 66.6 Å². The van der Waals surface area contributed by atoms with E-state index in [9.17, 15) is 9.59 Å². The summed E-state index contributed by atoms with van der Waals surface area (Å²) in [7, 11) is 4.32. The highest BCUT2D eigenvalue weighted by atomic mass is 19.1. The first-order valence-corrected chi connectivity index (χ1v) is 10.5. The molecule has 0 spiro atoms. The third kappa shape index (κ3) is 4.56. The number of nitrogens with one attached hydrogen (secondary N) is 2. The van der Waals surface area contributed by atoms with Gasteiger partial charge in [-0.2, -0.15) is 4.98 Å². The Morgan fingerprint density at radius 1 is 1.20 bits per heavy atom. The molecule has 3 aromatic rings. The second-order valence-electron chi connectivity index (χ2n) is 7.50. The summed E-state index contributed by atoms with van der Waals surface area (Å²) in [6.07, 6.45) is 2.72. The highest BCUT2D eigenvalue weighted by Crippen LogP contribution is 2.37. The van der Waals surface area contributed by atoms with Gasteiger partial charge in [0.1, 0.15) is 11.6 Å². The molecular weight excluding hydrogens is 455 g/mol. The third-order valence-corrected chi connectivity index (χ3v) is 5.36. The quantitative estimate of drug-likeness (QED) is 0.493. The molecular formula is C24H23FN6O4. The first-order valence-electron chi connectivity index (χ1n) is 10.5. The predicted molar refractivity (Wildman–Crippen MR) is 130 cm³/mol. The van der Waals surface area contributed by atoms with Crippen LogP contribution in [-0.4, -0.2) is 43.2 Å². The van der Waals surface area contributed by atoms with E-state index in [2.05, 4.69) is 27.2 Å². The molecule has 11 heteroatoms. The van der Waals surface area contributed by atoms with E-state index in [0.29, 0.717) is 28.5 Å². The number of carbonyl (C=O) groups is 2. The van der Waals surface area contributed by atoms with Gasteiger partial charge >= 0.3 is 6.03 Å². The maximum Gasteiger partial charge on any atom is 0.330 e. The molecule has 1 aliphatic rings. The van der Waals surface area contributed by atoms with Crippen LogP contribution in [0.5, 0.6) is 11.5 Å². The zero-order chi connectivity index (χ0) is 25.1. The summed E-state index contributed by atoms with van der Waals surface area (Å²) in [6.45, 7) is 3.49. The van der Waals surface area contributed by atoms with Crippen LogP contribution in [0.3, 0.4) is 0 Å².